The molecule has 0 atom stereocenters. The van der Waals surface area contributed by atoms with Gasteiger partial charge < -0.3 is 19.9 Å². The number of carbonyl (C=O) groups is 1. The number of hydrogen-bond acceptors (Lipinski definition) is 6. The minimum Gasteiger partial charge on any atom is -0.497 e. The van der Waals surface area contributed by atoms with Crippen LogP contribution in [-0.2, 0) is 13.0 Å². The zero-order valence-corrected chi connectivity index (χ0v) is 16.9. The van der Waals surface area contributed by atoms with E-state index in [0.29, 0.717) is 30.4 Å². The van der Waals surface area contributed by atoms with E-state index < -0.39 is 0 Å². The average molecular weight is 415 g/mol. The van der Waals surface area contributed by atoms with Crippen molar-refractivity contribution in [2.24, 2.45) is 0 Å². The van der Waals surface area contributed by atoms with Gasteiger partial charge in [0.25, 0.3) is 0 Å². The van der Waals surface area contributed by atoms with Gasteiger partial charge in [-0.05, 0) is 41.5 Å². The topological polar surface area (TPSA) is 102 Å². The molecule has 4 rings (SSSR count). The first kappa shape index (κ1) is 20.1. The Morgan fingerprint density at radius 2 is 1.90 bits per heavy atom. The number of pyridine rings is 1. The molecule has 0 saturated carbocycles. The molecule has 0 aliphatic rings. The van der Waals surface area contributed by atoms with Gasteiger partial charge in [0.15, 0.2) is 0 Å². The Kier molecular flexibility index (Phi) is 6.18. The zero-order valence-electron chi connectivity index (χ0n) is 16.9. The third kappa shape index (κ3) is 5.24. The standard InChI is InChI=1S/C23H21N5O3/c1-30-19-10-8-16(9-11-19)14-25-23(29)26-20-7-3-2-5-17(20)13-21-27-22(28-31-21)18-6-4-12-24-15-18/h2-12,15H,13-14H2,1H3,(H2,25,26,29). The van der Waals surface area contributed by atoms with E-state index in [1.54, 1.807) is 19.5 Å². The number of amides is 2. The molecule has 0 fully saturated rings. The highest BCUT2D eigenvalue weighted by molar-refractivity contribution is 5.90. The van der Waals surface area contributed by atoms with Crippen LogP contribution in [-0.4, -0.2) is 28.3 Å². The molecule has 2 aromatic carbocycles. The van der Waals surface area contributed by atoms with Crippen LogP contribution >= 0.6 is 0 Å². The number of aromatic nitrogens is 3. The number of urea groups is 1. The summed E-state index contributed by atoms with van der Waals surface area (Å²) in [5.74, 6) is 1.70. The molecule has 156 valence electrons. The molecule has 0 unspecified atom stereocenters. The minimum atomic E-state index is -0.301. The predicted molar refractivity (Wildman–Crippen MR) is 116 cm³/mol. The number of hydrogen-bond donors (Lipinski definition) is 2. The molecule has 8 heteroatoms. The van der Waals surface area contributed by atoms with Gasteiger partial charge in [0.05, 0.1) is 13.5 Å². The fourth-order valence-corrected chi connectivity index (χ4v) is 2.99. The maximum absolute atomic E-state index is 12.4. The van der Waals surface area contributed by atoms with Crippen LogP contribution < -0.4 is 15.4 Å². The summed E-state index contributed by atoms with van der Waals surface area (Å²) >= 11 is 0. The summed E-state index contributed by atoms with van der Waals surface area (Å²) in [5.41, 5.74) is 3.29. The number of ether oxygens (including phenoxy) is 1. The van der Waals surface area contributed by atoms with Gasteiger partial charge in [-0.3, -0.25) is 4.98 Å². The monoisotopic (exact) mass is 415 g/mol. The molecule has 0 spiro atoms. The third-order valence-corrected chi connectivity index (χ3v) is 4.61. The van der Waals surface area contributed by atoms with E-state index in [0.717, 1.165) is 22.4 Å². The highest BCUT2D eigenvalue weighted by Gasteiger charge is 2.13. The molecule has 0 aliphatic heterocycles. The largest absolute Gasteiger partial charge is 0.497 e. The first-order chi connectivity index (χ1) is 15.2. The van der Waals surface area contributed by atoms with E-state index in [2.05, 4.69) is 25.8 Å². The fourth-order valence-electron chi connectivity index (χ4n) is 2.99. The van der Waals surface area contributed by atoms with Crippen LogP contribution in [0.4, 0.5) is 10.5 Å². The smallest absolute Gasteiger partial charge is 0.319 e. The summed E-state index contributed by atoms with van der Waals surface area (Å²) in [4.78, 5) is 20.9. The normalized spacial score (nSPS) is 10.5. The summed E-state index contributed by atoms with van der Waals surface area (Å²) in [6.07, 6.45) is 3.76. The molecule has 4 aromatic rings. The SMILES string of the molecule is COc1ccc(CNC(=O)Nc2ccccc2Cc2nc(-c3cccnc3)no2)cc1. The Morgan fingerprint density at radius 1 is 1.06 bits per heavy atom. The van der Waals surface area contributed by atoms with Gasteiger partial charge in [-0.25, -0.2) is 4.79 Å². The summed E-state index contributed by atoms with van der Waals surface area (Å²) in [5, 5.41) is 9.75. The van der Waals surface area contributed by atoms with Crippen molar-refractivity contribution in [3.63, 3.8) is 0 Å². The van der Waals surface area contributed by atoms with E-state index in [1.807, 2.05) is 60.7 Å². The molecular formula is C23H21N5O3. The number of anilines is 1. The Labute approximate surface area is 179 Å². The number of nitrogens with zero attached hydrogens (tertiary/aromatic N) is 3. The van der Waals surface area contributed by atoms with Crippen LogP contribution in [0.25, 0.3) is 11.4 Å². The van der Waals surface area contributed by atoms with Gasteiger partial charge in [-0.15, -0.1) is 0 Å². The average Bonchev–Trinajstić information content (AvgIpc) is 3.28. The molecule has 31 heavy (non-hydrogen) atoms. The summed E-state index contributed by atoms with van der Waals surface area (Å²) in [6, 6.07) is 18.4. The lowest BCUT2D eigenvalue weighted by atomic mass is 10.1. The van der Waals surface area contributed by atoms with Crippen molar-refractivity contribution in [2.75, 3.05) is 12.4 Å². The quantitative estimate of drug-likeness (QED) is 0.472. The summed E-state index contributed by atoms with van der Waals surface area (Å²) in [7, 11) is 1.62. The van der Waals surface area contributed by atoms with Crippen LogP contribution in [0.2, 0.25) is 0 Å². The Balaban J connectivity index is 1.39. The molecule has 8 nitrogen and oxygen atoms in total. The second-order valence-corrected chi connectivity index (χ2v) is 6.74. The maximum Gasteiger partial charge on any atom is 0.319 e. The highest BCUT2D eigenvalue weighted by atomic mass is 16.5. The van der Waals surface area contributed by atoms with Crippen LogP contribution in [0.1, 0.15) is 17.0 Å². The number of carbonyl (C=O) groups excluding carboxylic acids is 1. The molecule has 0 bridgehead atoms. The van der Waals surface area contributed by atoms with Gasteiger partial charge in [-0.2, -0.15) is 4.98 Å². The van der Waals surface area contributed by atoms with Crippen LogP contribution in [0, 0.1) is 0 Å². The van der Waals surface area contributed by atoms with Crippen molar-refractivity contribution in [2.45, 2.75) is 13.0 Å². The molecule has 2 heterocycles. The Hall–Kier alpha value is -4.20. The molecule has 2 aromatic heterocycles. The van der Waals surface area contributed by atoms with Crippen molar-refractivity contribution in [1.82, 2.24) is 20.4 Å². The van der Waals surface area contributed by atoms with Gasteiger partial charge in [0.2, 0.25) is 11.7 Å². The molecular weight excluding hydrogens is 394 g/mol. The lowest BCUT2D eigenvalue weighted by Gasteiger charge is -2.11. The number of benzene rings is 2. The van der Waals surface area contributed by atoms with Crippen molar-refractivity contribution in [3.8, 4) is 17.1 Å². The fraction of sp³-hybridized carbons (Fsp3) is 0.130. The molecule has 0 radical (unpaired) electrons. The molecule has 2 amide bonds. The minimum absolute atomic E-state index is 0.301. The van der Waals surface area contributed by atoms with E-state index in [1.165, 1.54) is 0 Å². The lowest BCUT2D eigenvalue weighted by Crippen LogP contribution is -2.28. The van der Waals surface area contributed by atoms with Gasteiger partial charge in [-0.1, -0.05) is 35.5 Å². The van der Waals surface area contributed by atoms with Crippen molar-refractivity contribution >= 4 is 11.7 Å². The maximum atomic E-state index is 12.4. The van der Waals surface area contributed by atoms with Crippen molar-refractivity contribution in [3.05, 3.63) is 90.1 Å². The first-order valence-electron chi connectivity index (χ1n) is 9.70. The van der Waals surface area contributed by atoms with E-state index in [-0.39, 0.29) is 6.03 Å². The number of methoxy groups -OCH3 is 1. The number of rotatable bonds is 7. The van der Waals surface area contributed by atoms with E-state index >= 15 is 0 Å². The van der Waals surface area contributed by atoms with E-state index in [4.69, 9.17) is 9.26 Å². The highest BCUT2D eigenvalue weighted by Crippen LogP contribution is 2.20. The van der Waals surface area contributed by atoms with Crippen LogP contribution in [0.15, 0.2) is 77.6 Å². The second kappa shape index (κ2) is 9.53. The molecule has 0 saturated heterocycles. The van der Waals surface area contributed by atoms with Crippen LogP contribution in [0.5, 0.6) is 5.75 Å². The summed E-state index contributed by atoms with van der Waals surface area (Å²) in [6.45, 7) is 0.399. The van der Waals surface area contributed by atoms with Gasteiger partial charge >= 0.3 is 6.03 Å². The molecule has 0 aliphatic carbocycles. The van der Waals surface area contributed by atoms with Gasteiger partial charge in [0.1, 0.15) is 5.75 Å². The molecule has 2 N–H and O–H groups in total. The Morgan fingerprint density at radius 3 is 2.68 bits per heavy atom. The third-order valence-electron chi connectivity index (χ3n) is 4.61. The zero-order chi connectivity index (χ0) is 21.5. The van der Waals surface area contributed by atoms with Gasteiger partial charge in [0, 0.05) is 30.2 Å². The second-order valence-electron chi connectivity index (χ2n) is 6.74. The number of nitrogens with one attached hydrogen (secondary N) is 2. The van der Waals surface area contributed by atoms with Crippen LogP contribution in [0.3, 0.4) is 0 Å². The van der Waals surface area contributed by atoms with E-state index in [9.17, 15) is 4.79 Å². The Bertz CT molecular complexity index is 1140. The van der Waals surface area contributed by atoms with Crippen molar-refractivity contribution < 1.29 is 14.1 Å². The lowest BCUT2D eigenvalue weighted by molar-refractivity contribution is 0.251. The number of para-hydroxylation sites is 1. The van der Waals surface area contributed by atoms with Crippen molar-refractivity contribution in [1.29, 1.82) is 0 Å². The predicted octanol–water partition coefficient (Wildman–Crippen LogP) is 4.05. The first-order valence-corrected chi connectivity index (χ1v) is 9.70. The summed E-state index contributed by atoms with van der Waals surface area (Å²) < 4.78 is 10.5.